The van der Waals surface area contributed by atoms with Crippen molar-refractivity contribution in [1.29, 1.82) is 0 Å². The molecule has 2 aromatic carbocycles. The molecule has 0 fully saturated rings. The molecule has 0 spiro atoms. The zero-order valence-corrected chi connectivity index (χ0v) is 16.3. The smallest absolute Gasteiger partial charge is 0.387 e. The fraction of sp³-hybridized carbons (Fsp3) is 0.235. The van der Waals surface area contributed by atoms with E-state index in [1.54, 1.807) is 22.8 Å². The van der Waals surface area contributed by atoms with Crippen LogP contribution in [0.1, 0.15) is 29.2 Å². The second-order valence-corrected chi connectivity index (χ2v) is 8.78. The highest BCUT2D eigenvalue weighted by atomic mass is 35.5. The van der Waals surface area contributed by atoms with Crippen LogP contribution in [-0.4, -0.2) is 24.6 Å². The van der Waals surface area contributed by atoms with Crippen molar-refractivity contribution in [2.45, 2.75) is 29.3 Å². The predicted octanol–water partition coefficient (Wildman–Crippen LogP) is 4.21. The first-order valence-corrected chi connectivity index (χ1v) is 10.4. The van der Waals surface area contributed by atoms with E-state index >= 15 is 0 Å². The van der Waals surface area contributed by atoms with E-state index in [1.807, 2.05) is 0 Å². The van der Waals surface area contributed by atoms with Crippen LogP contribution < -0.4 is 9.88 Å². The first kappa shape index (κ1) is 19.4. The van der Waals surface area contributed by atoms with Gasteiger partial charge < -0.3 is 9.30 Å². The zero-order valence-electron chi connectivity index (χ0n) is 14.0. The van der Waals surface area contributed by atoms with Crippen molar-refractivity contribution >= 4 is 44.3 Å². The summed E-state index contributed by atoms with van der Waals surface area (Å²) < 4.78 is 56.5. The number of nitrogens with two attached hydrogens (primary N) is 1. The van der Waals surface area contributed by atoms with E-state index in [4.69, 9.17) is 28.3 Å². The highest BCUT2D eigenvalue weighted by Crippen LogP contribution is 2.48. The number of benzene rings is 2. The van der Waals surface area contributed by atoms with Crippen molar-refractivity contribution in [3.05, 3.63) is 52.8 Å². The molecule has 11 heteroatoms. The van der Waals surface area contributed by atoms with Gasteiger partial charge in [-0.25, -0.2) is 18.5 Å². The Kier molecular flexibility index (Phi) is 4.73. The van der Waals surface area contributed by atoms with Crippen molar-refractivity contribution in [2.24, 2.45) is 5.14 Å². The molecule has 1 aliphatic heterocycles. The Bertz CT molecular complexity index is 1180. The number of halogens is 4. The summed E-state index contributed by atoms with van der Waals surface area (Å²) in [7, 11) is -4.22. The highest BCUT2D eigenvalue weighted by molar-refractivity contribution is 7.89. The Balaban J connectivity index is 2.01. The highest BCUT2D eigenvalue weighted by Gasteiger charge is 2.38. The summed E-state index contributed by atoms with van der Waals surface area (Å²) in [6.45, 7) is -3.14. The maximum atomic E-state index is 13.0. The number of alkyl halides is 3. The van der Waals surface area contributed by atoms with Crippen LogP contribution in [-0.2, 0) is 10.0 Å². The second-order valence-electron chi connectivity index (χ2n) is 6.28. The van der Waals surface area contributed by atoms with Crippen LogP contribution >= 0.6 is 23.2 Å². The number of sulfonamides is 1. The quantitative estimate of drug-likeness (QED) is 0.606. The molecule has 0 amide bonds. The number of hydrogen-bond donors (Lipinski definition) is 1. The lowest BCUT2D eigenvalue weighted by Crippen LogP contribution is -2.19. The average Bonchev–Trinajstić information content (AvgIpc) is 3.11. The van der Waals surface area contributed by atoms with E-state index in [2.05, 4.69) is 9.72 Å². The Morgan fingerprint density at radius 2 is 2.04 bits per heavy atom. The third-order valence-corrected chi connectivity index (χ3v) is 6.16. The van der Waals surface area contributed by atoms with Gasteiger partial charge in [-0.2, -0.15) is 8.78 Å². The Hall–Kier alpha value is -1.94. The molecule has 0 saturated carbocycles. The van der Waals surface area contributed by atoms with Crippen molar-refractivity contribution in [3.63, 3.8) is 0 Å². The third kappa shape index (κ3) is 3.22. The molecule has 0 unspecified atom stereocenters. The lowest BCUT2D eigenvalue weighted by atomic mass is 10.0. The molecular weight excluding hydrogens is 435 g/mol. The Morgan fingerprint density at radius 1 is 1.29 bits per heavy atom. The summed E-state index contributed by atoms with van der Waals surface area (Å²) >= 11 is 12.5. The summed E-state index contributed by atoms with van der Waals surface area (Å²) in [5.41, 5.74) is 1.20. The van der Waals surface area contributed by atoms with Crippen LogP contribution in [0.2, 0.25) is 5.02 Å². The van der Waals surface area contributed by atoms with Crippen LogP contribution in [0.3, 0.4) is 0 Å². The van der Waals surface area contributed by atoms with Crippen molar-refractivity contribution in [1.82, 2.24) is 9.55 Å². The van der Waals surface area contributed by atoms with Gasteiger partial charge in [0.05, 0.1) is 27.3 Å². The van der Waals surface area contributed by atoms with Gasteiger partial charge in [0, 0.05) is 10.6 Å². The van der Waals surface area contributed by atoms with Gasteiger partial charge in [0.1, 0.15) is 11.6 Å². The summed E-state index contributed by atoms with van der Waals surface area (Å²) in [4.78, 5) is 4.17. The molecular formula is C17H13Cl2F2N3O3S. The van der Waals surface area contributed by atoms with Crippen LogP contribution in [0.5, 0.6) is 5.75 Å². The molecule has 6 nitrogen and oxygen atoms in total. The molecule has 2 N–H and O–H groups in total. The lowest BCUT2D eigenvalue weighted by Gasteiger charge is -2.21. The number of nitrogens with zero attached hydrogens (tertiary/aromatic N) is 2. The number of ether oxygens (including phenoxy) is 1. The van der Waals surface area contributed by atoms with Gasteiger partial charge in [-0.05, 0) is 36.8 Å². The SMILES string of the molecule is NS(=O)(=O)c1cccc(OC(F)F)c1[C@H]1C[C@H](Cl)c2nc3ccc(Cl)cc3n21. The fourth-order valence-electron chi connectivity index (χ4n) is 3.59. The molecule has 0 radical (unpaired) electrons. The number of aromatic nitrogens is 2. The lowest BCUT2D eigenvalue weighted by molar-refractivity contribution is -0.0508. The summed E-state index contributed by atoms with van der Waals surface area (Å²) in [5, 5.41) is 5.22. The van der Waals surface area contributed by atoms with E-state index in [1.165, 1.54) is 18.2 Å². The minimum atomic E-state index is -4.22. The summed E-state index contributed by atoms with van der Waals surface area (Å²) in [5.74, 6) is 0.197. The number of hydrogen-bond acceptors (Lipinski definition) is 4. The molecule has 0 saturated heterocycles. The van der Waals surface area contributed by atoms with Crippen molar-refractivity contribution < 1.29 is 21.9 Å². The molecule has 3 aromatic rings. The van der Waals surface area contributed by atoms with Gasteiger partial charge in [-0.15, -0.1) is 11.6 Å². The molecule has 4 rings (SSSR count). The summed E-state index contributed by atoms with van der Waals surface area (Å²) in [6.07, 6.45) is 0.221. The predicted molar refractivity (Wildman–Crippen MR) is 101 cm³/mol. The zero-order chi connectivity index (χ0) is 20.2. The number of primary sulfonamides is 1. The average molecular weight is 448 g/mol. The Morgan fingerprint density at radius 3 is 2.71 bits per heavy atom. The molecule has 0 aliphatic carbocycles. The monoisotopic (exact) mass is 447 g/mol. The maximum absolute atomic E-state index is 13.0. The van der Waals surface area contributed by atoms with Gasteiger partial charge >= 0.3 is 6.61 Å². The topological polar surface area (TPSA) is 87.2 Å². The first-order chi connectivity index (χ1) is 13.2. The van der Waals surface area contributed by atoms with E-state index in [0.29, 0.717) is 21.9 Å². The molecule has 148 valence electrons. The molecule has 1 aliphatic rings. The Labute approximate surface area is 168 Å². The van der Waals surface area contributed by atoms with E-state index < -0.39 is 28.1 Å². The van der Waals surface area contributed by atoms with Crippen LogP contribution in [0.25, 0.3) is 11.0 Å². The van der Waals surface area contributed by atoms with Gasteiger partial charge in [0.15, 0.2) is 0 Å². The van der Waals surface area contributed by atoms with Gasteiger partial charge in [0.25, 0.3) is 0 Å². The largest absolute Gasteiger partial charge is 0.434 e. The fourth-order valence-corrected chi connectivity index (χ4v) is 4.89. The van der Waals surface area contributed by atoms with Gasteiger partial charge in [-0.1, -0.05) is 17.7 Å². The molecule has 1 aromatic heterocycles. The second kappa shape index (κ2) is 6.84. The normalized spacial score (nSPS) is 19.4. The van der Waals surface area contributed by atoms with E-state index in [9.17, 15) is 17.2 Å². The number of imidazole rings is 1. The van der Waals surface area contributed by atoms with Crippen LogP contribution in [0.4, 0.5) is 8.78 Å². The van der Waals surface area contributed by atoms with E-state index in [0.717, 1.165) is 0 Å². The number of fused-ring (bicyclic) bond motifs is 3. The molecule has 2 atom stereocenters. The molecule has 28 heavy (non-hydrogen) atoms. The van der Waals surface area contributed by atoms with Gasteiger partial charge in [-0.3, -0.25) is 0 Å². The maximum Gasteiger partial charge on any atom is 0.387 e. The summed E-state index contributed by atoms with van der Waals surface area (Å²) in [6, 6.07) is 8.09. The van der Waals surface area contributed by atoms with E-state index in [-0.39, 0.29) is 22.6 Å². The standard InChI is InChI=1S/C17H13Cl2F2N3O3S/c18-8-4-5-10-11(6-8)24-12(7-9(19)16(24)23-10)15-13(27-17(20)21)2-1-3-14(15)28(22,25)26/h1-6,9,12,17H,7H2,(H2,22,25,26)/t9-,12+/m0/s1. The number of rotatable bonds is 4. The molecule has 2 heterocycles. The first-order valence-electron chi connectivity index (χ1n) is 8.09. The van der Waals surface area contributed by atoms with Crippen LogP contribution in [0, 0.1) is 0 Å². The van der Waals surface area contributed by atoms with Crippen molar-refractivity contribution in [3.8, 4) is 5.75 Å². The third-order valence-electron chi connectivity index (χ3n) is 4.58. The minimum absolute atomic E-state index is 0.00831. The van der Waals surface area contributed by atoms with Crippen molar-refractivity contribution in [2.75, 3.05) is 0 Å². The van der Waals surface area contributed by atoms with Crippen LogP contribution in [0.15, 0.2) is 41.3 Å². The minimum Gasteiger partial charge on any atom is -0.434 e. The molecule has 0 bridgehead atoms. The van der Waals surface area contributed by atoms with Gasteiger partial charge in [0.2, 0.25) is 10.0 Å².